The zero-order chi connectivity index (χ0) is 21.7. The summed E-state index contributed by atoms with van der Waals surface area (Å²) in [6, 6.07) is 5.21. The minimum atomic E-state index is -3.93. The molecule has 0 bridgehead atoms. The first kappa shape index (κ1) is 23.2. The highest BCUT2D eigenvalue weighted by Gasteiger charge is 2.43. The molecular weight excluding hydrogens is 396 g/mol. The fourth-order valence-electron chi connectivity index (χ4n) is 2.71. The van der Waals surface area contributed by atoms with Crippen molar-refractivity contribution in [1.29, 1.82) is 0 Å². The molecule has 1 atom stereocenters. The van der Waals surface area contributed by atoms with Gasteiger partial charge in [-0.1, -0.05) is 18.5 Å². The summed E-state index contributed by atoms with van der Waals surface area (Å²) >= 11 is 0. The lowest BCUT2D eigenvalue weighted by atomic mass is 10.2. The second-order valence-electron chi connectivity index (χ2n) is 7.83. The molecule has 1 heterocycles. The molecular formula is C20H30N2O6S. The van der Waals surface area contributed by atoms with Crippen molar-refractivity contribution in [2.24, 2.45) is 5.16 Å². The van der Waals surface area contributed by atoms with Crippen LogP contribution in [0.15, 0.2) is 34.3 Å². The third kappa shape index (κ3) is 6.17. The number of esters is 1. The normalized spacial score (nSPS) is 19.3. The van der Waals surface area contributed by atoms with E-state index in [0.717, 1.165) is 17.1 Å². The first-order valence-corrected chi connectivity index (χ1v) is 11.1. The van der Waals surface area contributed by atoms with Crippen molar-refractivity contribution in [2.45, 2.75) is 63.5 Å². The van der Waals surface area contributed by atoms with Crippen LogP contribution >= 0.6 is 0 Å². The van der Waals surface area contributed by atoms with Gasteiger partial charge in [0, 0.05) is 6.42 Å². The predicted molar refractivity (Wildman–Crippen MR) is 109 cm³/mol. The Morgan fingerprint density at radius 3 is 2.45 bits per heavy atom. The van der Waals surface area contributed by atoms with E-state index in [4.69, 9.17) is 14.3 Å². The molecule has 0 aliphatic carbocycles. The summed E-state index contributed by atoms with van der Waals surface area (Å²) in [7, 11) is -2.70. The van der Waals surface area contributed by atoms with Crippen molar-refractivity contribution in [3.63, 3.8) is 0 Å². The number of carbonyl (C=O) groups excluding carboxylic acids is 1. The zero-order valence-corrected chi connectivity index (χ0v) is 18.5. The molecule has 1 aromatic carbocycles. The average Bonchev–Trinajstić information content (AvgIpc) is 3.11. The number of sulfonamides is 1. The molecule has 0 radical (unpaired) electrons. The number of benzene rings is 1. The molecule has 9 heteroatoms. The summed E-state index contributed by atoms with van der Waals surface area (Å²) in [6.45, 7) is 8.11. The fraction of sp³-hybridized carbons (Fsp3) is 0.600. The van der Waals surface area contributed by atoms with Gasteiger partial charge in [0.15, 0.2) is 0 Å². The number of ether oxygens (including phenoxy) is 2. The highest BCUT2D eigenvalue weighted by atomic mass is 32.2. The lowest BCUT2D eigenvalue weighted by molar-refractivity contribution is -0.144. The molecule has 0 N–H and O–H groups in total. The van der Waals surface area contributed by atoms with Crippen LogP contribution < -0.4 is 4.74 Å². The summed E-state index contributed by atoms with van der Waals surface area (Å²) < 4.78 is 37.8. The van der Waals surface area contributed by atoms with Gasteiger partial charge >= 0.3 is 5.97 Å². The summed E-state index contributed by atoms with van der Waals surface area (Å²) in [5, 5.41) is 4.06. The number of oxime groups is 1. The summed E-state index contributed by atoms with van der Waals surface area (Å²) in [5.74, 6) is -0.0294. The molecule has 2 rings (SSSR count). The van der Waals surface area contributed by atoms with Crippen LogP contribution in [0.5, 0.6) is 5.75 Å². The molecule has 0 saturated carbocycles. The first-order chi connectivity index (χ1) is 13.6. The van der Waals surface area contributed by atoms with Gasteiger partial charge in [-0.3, -0.25) is 4.79 Å². The van der Waals surface area contributed by atoms with Gasteiger partial charge in [0.1, 0.15) is 17.4 Å². The number of carbonyl (C=O) groups is 1. The van der Waals surface area contributed by atoms with Crippen molar-refractivity contribution >= 4 is 21.7 Å². The third-order valence-electron chi connectivity index (χ3n) is 4.23. The number of hydrogen-bond acceptors (Lipinski definition) is 7. The smallest absolute Gasteiger partial charge is 0.324 e. The average molecular weight is 427 g/mol. The summed E-state index contributed by atoms with van der Waals surface area (Å²) in [5.41, 5.74) is -0.0494. The highest BCUT2D eigenvalue weighted by molar-refractivity contribution is 7.89. The van der Waals surface area contributed by atoms with E-state index >= 15 is 0 Å². The lowest BCUT2D eigenvalue weighted by Crippen LogP contribution is -2.41. The maximum Gasteiger partial charge on any atom is 0.324 e. The minimum Gasteiger partial charge on any atom is -0.494 e. The van der Waals surface area contributed by atoms with E-state index in [2.05, 4.69) is 12.1 Å². The molecule has 1 fully saturated rings. The van der Waals surface area contributed by atoms with E-state index in [9.17, 15) is 13.2 Å². The standard InChI is InChI=1S/C20H30N2O6S/c1-6-7-12-27-16-8-10-17(11-9-16)29(24,25)22-14-15(21-28-20(2,3)4)13-18(22)19(23)26-5/h8-11,18H,6-7,12-14H2,1-5H3/b21-15+/t18-/m1/s1. The molecule has 162 valence electrons. The quantitative estimate of drug-likeness (QED) is 0.360. The summed E-state index contributed by atoms with van der Waals surface area (Å²) in [4.78, 5) is 17.7. The van der Waals surface area contributed by atoms with Gasteiger partial charge < -0.3 is 14.3 Å². The van der Waals surface area contributed by atoms with E-state index in [-0.39, 0.29) is 17.9 Å². The molecule has 1 aliphatic rings. The predicted octanol–water partition coefficient (Wildman–Crippen LogP) is 2.97. The van der Waals surface area contributed by atoms with Crippen LogP contribution in [0, 0.1) is 0 Å². The molecule has 1 aliphatic heterocycles. The van der Waals surface area contributed by atoms with E-state index in [1.807, 2.05) is 20.8 Å². The maximum atomic E-state index is 13.2. The van der Waals surface area contributed by atoms with E-state index < -0.39 is 27.6 Å². The molecule has 0 unspecified atom stereocenters. The minimum absolute atomic E-state index is 0.0348. The van der Waals surface area contributed by atoms with Crippen LogP contribution in [-0.4, -0.2) is 56.3 Å². The van der Waals surface area contributed by atoms with Gasteiger partial charge in [0.25, 0.3) is 0 Å². The Balaban J connectivity index is 2.24. The van der Waals surface area contributed by atoms with E-state index in [1.165, 1.54) is 19.2 Å². The van der Waals surface area contributed by atoms with Gasteiger partial charge in [-0.25, -0.2) is 8.42 Å². The Morgan fingerprint density at radius 1 is 1.24 bits per heavy atom. The van der Waals surface area contributed by atoms with Crippen LogP contribution in [0.25, 0.3) is 0 Å². The van der Waals surface area contributed by atoms with Gasteiger partial charge in [-0.05, 0) is 51.5 Å². The van der Waals surface area contributed by atoms with Gasteiger partial charge in [-0.15, -0.1) is 0 Å². The topological polar surface area (TPSA) is 94.5 Å². The van der Waals surface area contributed by atoms with Crippen LogP contribution in [0.4, 0.5) is 0 Å². The molecule has 0 amide bonds. The monoisotopic (exact) mass is 426 g/mol. The van der Waals surface area contributed by atoms with Crippen LogP contribution in [-0.2, 0) is 24.4 Å². The van der Waals surface area contributed by atoms with Crippen molar-refractivity contribution in [2.75, 3.05) is 20.3 Å². The van der Waals surface area contributed by atoms with Crippen LogP contribution in [0.2, 0.25) is 0 Å². The van der Waals surface area contributed by atoms with Gasteiger partial charge in [0.05, 0.1) is 30.9 Å². The first-order valence-electron chi connectivity index (χ1n) is 9.65. The molecule has 1 saturated heterocycles. The van der Waals surface area contributed by atoms with Gasteiger partial charge in [-0.2, -0.15) is 4.31 Å². The molecule has 1 aromatic rings. The number of nitrogens with zero attached hydrogens (tertiary/aromatic N) is 2. The highest BCUT2D eigenvalue weighted by Crippen LogP contribution is 2.27. The number of rotatable bonds is 8. The second-order valence-corrected chi connectivity index (χ2v) is 9.72. The van der Waals surface area contributed by atoms with Crippen LogP contribution in [0.3, 0.4) is 0 Å². The Bertz CT molecular complexity index is 828. The maximum absolute atomic E-state index is 13.2. The lowest BCUT2D eigenvalue weighted by Gasteiger charge is -2.21. The van der Waals surface area contributed by atoms with Crippen molar-refractivity contribution < 1.29 is 27.5 Å². The van der Waals surface area contributed by atoms with Crippen molar-refractivity contribution in [3.05, 3.63) is 24.3 Å². The number of methoxy groups -OCH3 is 1. The second kappa shape index (κ2) is 9.58. The Labute approximate surface area is 172 Å². The SMILES string of the molecule is CCCCOc1ccc(S(=O)(=O)N2C/C(=N/OC(C)(C)C)C[C@@H]2C(=O)OC)cc1. The molecule has 0 aromatic heterocycles. The molecule has 29 heavy (non-hydrogen) atoms. The number of hydrogen-bond donors (Lipinski definition) is 0. The fourth-order valence-corrected chi connectivity index (χ4v) is 4.28. The van der Waals surface area contributed by atoms with Crippen molar-refractivity contribution in [1.82, 2.24) is 4.31 Å². The number of unbranched alkanes of at least 4 members (excludes halogenated alkanes) is 1. The van der Waals surface area contributed by atoms with Gasteiger partial charge in [0.2, 0.25) is 10.0 Å². The zero-order valence-electron chi connectivity index (χ0n) is 17.7. The molecule has 8 nitrogen and oxygen atoms in total. The molecule has 0 spiro atoms. The largest absolute Gasteiger partial charge is 0.494 e. The van der Waals surface area contributed by atoms with Crippen molar-refractivity contribution in [3.8, 4) is 5.75 Å². The Hall–Kier alpha value is -2.13. The summed E-state index contributed by atoms with van der Waals surface area (Å²) in [6.07, 6.45) is 2.06. The third-order valence-corrected chi connectivity index (χ3v) is 6.10. The van der Waals surface area contributed by atoms with E-state index in [1.54, 1.807) is 12.1 Å². The van der Waals surface area contributed by atoms with Crippen LogP contribution in [0.1, 0.15) is 47.0 Å². The Kier molecular flexibility index (Phi) is 7.65. The van der Waals surface area contributed by atoms with E-state index in [0.29, 0.717) is 18.1 Å². The Morgan fingerprint density at radius 2 is 1.90 bits per heavy atom.